The van der Waals surface area contributed by atoms with Gasteiger partial charge in [-0.3, -0.25) is 0 Å². The van der Waals surface area contributed by atoms with Crippen molar-refractivity contribution >= 4 is 11.7 Å². The molecule has 10 heteroatoms. The molecule has 1 aromatic rings. The van der Waals surface area contributed by atoms with Gasteiger partial charge in [0.25, 0.3) is 0 Å². The highest BCUT2D eigenvalue weighted by Gasteiger charge is 2.30. The first-order chi connectivity index (χ1) is 8.95. The van der Waals surface area contributed by atoms with Gasteiger partial charge in [-0.2, -0.15) is 5.48 Å². The predicted molar refractivity (Wildman–Crippen MR) is 54.2 cm³/mol. The second-order valence-corrected chi connectivity index (χ2v) is 3.06. The number of hydroxylamine groups is 1. The van der Waals surface area contributed by atoms with Gasteiger partial charge in [0.1, 0.15) is 11.3 Å². The van der Waals surface area contributed by atoms with Gasteiger partial charge >= 0.3 is 5.97 Å². The minimum Gasteiger partial charge on any atom is -0.367 e. The number of hydrogen-bond donors (Lipinski definition) is 1. The minimum atomic E-state index is -2.01. The van der Waals surface area contributed by atoms with Crippen molar-refractivity contribution in [2.24, 2.45) is 5.11 Å². The number of nitrogens with one attached hydrogen (secondary N) is 1. The van der Waals surface area contributed by atoms with Gasteiger partial charge in [0.2, 0.25) is 0 Å². The molecule has 0 unspecified atom stereocenters. The molecule has 0 radical (unpaired) electrons. The number of carbonyl (C=O) groups excluding carboxylic acids is 1. The van der Waals surface area contributed by atoms with Gasteiger partial charge in [-0.1, -0.05) is 5.11 Å². The molecule has 0 saturated heterocycles. The zero-order chi connectivity index (χ0) is 14.6. The summed E-state index contributed by atoms with van der Waals surface area (Å²) in [5.41, 5.74) is 6.93. The normalized spacial score (nSPS) is 9.95. The molecule has 0 bridgehead atoms. The predicted octanol–water partition coefficient (Wildman–Crippen LogP) is 2.87. The molecular formula is C9H6F4N4O2. The molecular weight excluding hydrogens is 272 g/mol. The zero-order valence-corrected chi connectivity index (χ0v) is 9.38. The highest BCUT2D eigenvalue weighted by molar-refractivity contribution is 5.90. The Bertz CT molecular complexity index is 543. The van der Waals surface area contributed by atoms with Crippen molar-refractivity contribution < 1.29 is 27.2 Å². The largest absolute Gasteiger partial charge is 0.367 e. The molecule has 19 heavy (non-hydrogen) atoms. The van der Waals surface area contributed by atoms with Crippen LogP contribution in [0.4, 0.5) is 23.2 Å². The van der Waals surface area contributed by atoms with E-state index in [0.29, 0.717) is 0 Å². The maximum atomic E-state index is 13.4. The van der Waals surface area contributed by atoms with E-state index in [2.05, 4.69) is 9.95 Å². The maximum Gasteiger partial charge on any atom is 0.363 e. The van der Waals surface area contributed by atoms with Crippen LogP contribution in [0.5, 0.6) is 0 Å². The fraction of sp³-hybridized carbons (Fsp3) is 0.222. The van der Waals surface area contributed by atoms with E-state index < -0.39 is 40.5 Å². The maximum absolute atomic E-state index is 13.4. The monoisotopic (exact) mass is 278 g/mol. The van der Waals surface area contributed by atoms with Crippen LogP contribution in [-0.4, -0.2) is 12.5 Å². The molecule has 0 atom stereocenters. The first-order valence-electron chi connectivity index (χ1n) is 4.80. The van der Waals surface area contributed by atoms with E-state index in [4.69, 9.17) is 5.53 Å². The summed E-state index contributed by atoms with van der Waals surface area (Å²) in [5, 5.41) is 2.47. The first kappa shape index (κ1) is 14.7. The van der Waals surface area contributed by atoms with Crippen LogP contribution in [0.15, 0.2) is 5.11 Å². The lowest BCUT2D eigenvalue weighted by molar-refractivity contribution is 0.0252. The average Bonchev–Trinajstić information content (AvgIpc) is 2.39. The molecule has 0 amide bonds. The zero-order valence-electron chi connectivity index (χ0n) is 9.38. The fourth-order valence-corrected chi connectivity index (χ4v) is 1.12. The van der Waals surface area contributed by atoms with Crippen molar-refractivity contribution in [1.82, 2.24) is 5.48 Å². The van der Waals surface area contributed by atoms with Gasteiger partial charge in [-0.05, 0) is 12.5 Å². The highest BCUT2D eigenvalue weighted by Crippen LogP contribution is 2.30. The Labute approximate surface area is 103 Å². The Hall–Kier alpha value is -2.32. The Morgan fingerprint density at radius 1 is 1.26 bits per heavy atom. The first-order valence-corrected chi connectivity index (χ1v) is 4.80. The van der Waals surface area contributed by atoms with Crippen molar-refractivity contribution in [2.75, 3.05) is 6.54 Å². The van der Waals surface area contributed by atoms with Gasteiger partial charge in [-0.15, -0.1) is 0 Å². The smallest absolute Gasteiger partial charge is 0.363 e. The quantitative estimate of drug-likeness (QED) is 0.229. The number of rotatable bonds is 4. The molecule has 0 aliphatic heterocycles. The van der Waals surface area contributed by atoms with Crippen molar-refractivity contribution in [2.45, 2.75) is 6.92 Å². The lowest BCUT2D eigenvalue weighted by atomic mass is 10.1. The summed E-state index contributed by atoms with van der Waals surface area (Å²) in [6, 6.07) is 0. The Morgan fingerprint density at radius 3 is 2.21 bits per heavy atom. The summed E-state index contributed by atoms with van der Waals surface area (Å²) >= 11 is 0. The van der Waals surface area contributed by atoms with E-state index in [1.165, 1.54) is 6.92 Å². The molecule has 0 aliphatic carbocycles. The average molecular weight is 278 g/mol. The van der Waals surface area contributed by atoms with Crippen LogP contribution in [0.25, 0.3) is 10.4 Å². The lowest BCUT2D eigenvalue weighted by Crippen LogP contribution is -2.22. The molecule has 0 saturated carbocycles. The number of benzene rings is 1. The summed E-state index contributed by atoms with van der Waals surface area (Å²) in [4.78, 5) is 17.4. The summed E-state index contributed by atoms with van der Waals surface area (Å²) in [7, 11) is 0. The molecule has 0 aromatic heterocycles. The molecule has 1 N–H and O–H groups in total. The van der Waals surface area contributed by atoms with Crippen LogP contribution in [0.1, 0.15) is 17.3 Å². The van der Waals surface area contributed by atoms with Gasteiger partial charge in [0.15, 0.2) is 23.3 Å². The van der Waals surface area contributed by atoms with Crippen LogP contribution >= 0.6 is 0 Å². The molecule has 0 spiro atoms. The van der Waals surface area contributed by atoms with E-state index in [0.717, 1.165) is 0 Å². The number of nitrogens with zero attached hydrogens (tertiary/aromatic N) is 3. The van der Waals surface area contributed by atoms with Crippen molar-refractivity contribution in [3.05, 3.63) is 39.3 Å². The molecule has 1 rings (SSSR count). The molecule has 0 aliphatic rings. The van der Waals surface area contributed by atoms with Crippen LogP contribution in [0.2, 0.25) is 0 Å². The number of carbonyl (C=O) groups is 1. The van der Waals surface area contributed by atoms with Gasteiger partial charge in [0, 0.05) is 11.5 Å². The second-order valence-electron chi connectivity index (χ2n) is 3.06. The number of halogens is 4. The summed E-state index contributed by atoms with van der Waals surface area (Å²) in [6.45, 7) is 1.61. The van der Waals surface area contributed by atoms with Crippen LogP contribution in [-0.2, 0) is 4.84 Å². The third kappa shape index (κ3) is 2.75. The summed E-state index contributed by atoms with van der Waals surface area (Å²) in [5.74, 6) is -9.64. The van der Waals surface area contributed by atoms with Crippen molar-refractivity contribution in [3.8, 4) is 0 Å². The van der Waals surface area contributed by atoms with E-state index in [9.17, 15) is 22.4 Å². The molecule has 6 nitrogen and oxygen atoms in total. The number of azide groups is 1. The third-order valence-electron chi connectivity index (χ3n) is 1.90. The molecule has 0 heterocycles. The van der Waals surface area contributed by atoms with E-state index in [1.807, 2.05) is 10.4 Å². The van der Waals surface area contributed by atoms with Gasteiger partial charge in [-0.25, -0.2) is 22.4 Å². The van der Waals surface area contributed by atoms with Gasteiger partial charge < -0.3 is 4.84 Å². The van der Waals surface area contributed by atoms with E-state index in [-0.39, 0.29) is 6.54 Å². The molecule has 102 valence electrons. The minimum absolute atomic E-state index is 0.108. The SMILES string of the molecule is CCNOC(=O)c1c(F)c(F)c(N=[N+]=[N-])c(F)c1F. The van der Waals surface area contributed by atoms with Crippen LogP contribution < -0.4 is 5.48 Å². The lowest BCUT2D eigenvalue weighted by Gasteiger charge is -2.08. The Balaban J connectivity index is 3.43. The summed E-state index contributed by atoms with van der Waals surface area (Å²) in [6.07, 6.45) is 0. The standard InChI is InChI=1S/C9H6F4N4O2/c1-2-15-19-9(18)3-4(10)6(12)8(16-17-14)7(13)5(3)11/h15H,2H2,1H3. The number of hydrogen-bond acceptors (Lipinski definition) is 4. The van der Waals surface area contributed by atoms with Gasteiger partial charge in [0.05, 0.1) is 0 Å². The highest BCUT2D eigenvalue weighted by atomic mass is 19.2. The molecule has 0 fully saturated rings. The Morgan fingerprint density at radius 2 is 1.79 bits per heavy atom. The van der Waals surface area contributed by atoms with Crippen molar-refractivity contribution in [1.29, 1.82) is 0 Å². The van der Waals surface area contributed by atoms with Crippen LogP contribution in [0.3, 0.4) is 0 Å². The van der Waals surface area contributed by atoms with Crippen molar-refractivity contribution in [3.63, 3.8) is 0 Å². The van der Waals surface area contributed by atoms with E-state index in [1.54, 1.807) is 0 Å². The third-order valence-corrected chi connectivity index (χ3v) is 1.90. The molecule has 1 aromatic carbocycles. The Kier molecular flexibility index (Phi) is 4.67. The fourth-order valence-electron chi connectivity index (χ4n) is 1.12. The summed E-state index contributed by atoms with van der Waals surface area (Å²) < 4.78 is 53.4. The second kappa shape index (κ2) is 6.03. The van der Waals surface area contributed by atoms with Crippen LogP contribution in [0, 0.1) is 23.3 Å². The van der Waals surface area contributed by atoms with E-state index >= 15 is 0 Å². The topological polar surface area (TPSA) is 87.1 Å².